The van der Waals surface area contributed by atoms with Gasteiger partial charge in [-0.05, 0) is 30.3 Å². The summed E-state index contributed by atoms with van der Waals surface area (Å²) in [7, 11) is 0. The van der Waals surface area contributed by atoms with Crippen molar-refractivity contribution in [2.24, 2.45) is 0 Å². The van der Waals surface area contributed by atoms with E-state index in [0.717, 1.165) is 10.5 Å². The van der Waals surface area contributed by atoms with Crippen molar-refractivity contribution in [1.82, 2.24) is 0 Å². The number of benzene rings is 2. The zero-order chi connectivity index (χ0) is 15.2. The Kier molecular flexibility index (Phi) is 5.11. The van der Waals surface area contributed by atoms with Gasteiger partial charge in [0.15, 0.2) is 0 Å². The summed E-state index contributed by atoms with van der Waals surface area (Å²) in [5.41, 5.74) is 1.04. The second-order valence-electron chi connectivity index (χ2n) is 4.23. The molecule has 0 aliphatic heterocycles. The van der Waals surface area contributed by atoms with Crippen LogP contribution >= 0.6 is 15.9 Å². The fraction of sp³-hybridized carbons (Fsp3) is 0.0625. The molecule has 2 rings (SSSR count). The zero-order valence-corrected chi connectivity index (χ0v) is 12.5. The molecule has 2 aromatic rings. The molecule has 0 radical (unpaired) electrons. The monoisotopic (exact) mass is 350 g/mol. The Labute approximate surface area is 129 Å². The lowest BCUT2D eigenvalue weighted by molar-refractivity contribution is -0.131. The normalized spacial score (nSPS) is 10.8. The average molecular weight is 351 g/mol. The third kappa shape index (κ3) is 4.43. The molecule has 3 nitrogen and oxygen atoms in total. The largest absolute Gasteiger partial charge is 0.488 e. The summed E-state index contributed by atoms with van der Waals surface area (Å²) in [6.45, 7) is 0.0716. The smallest absolute Gasteiger partial charge is 0.328 e. The number of hydrogen-bond donors (Lipinski definition) is 1. The van der Waals surface area contributed by atoms with E-state index in [1.165, 1.54) is 12.1 Å². The molecule has 2 aromatic carbocycles. The molecule has 108 valence electrons. The molecule has 21 heavy (non-hydrogen) atoms. The second-order valence-corrected chi connectivity index (χ2v) is 5.15. The second kappa shape index (κ2) is 7.04. The van der Waals surface area contributed by atoms with Crippen LogP contribution in [0.25, 0.3) is 6.08 Å². The minimum Gasteiger partial charge on any atom is -0.488 e. The van der Waals surface area contributed by atoms with Crippen LogP contribution in [0.5, 0.6) is 5.75 Å². The minimum atomic E-state index is -1.05. The third-order valence-corrected chi connectivity index (χ3v) is 3.21. The van der Waals surface area contributed by atoms with Crippen molar-refractivity contribution in [3.63, 3.8) is 0 Å². The van der Waals surface area contributed by atoms with Crippen LogP contribution in [0.2, 0.25) is 0 Å². The van der Waals surface area contributed by atoms with Crippen LogP contribution in [0, 0.1) is 5.82 Å². The summed E-state index contributed by atoms with van der Waals surface area (Å²) in [5, 5.41) is 8.69. The Morgan fingerprint density at radius 1 is 1.29 bits per heavy atom. The van der Waals surface area contributed by atoms with Gasteiger partial charge < -0.3 is 9.84 Å². The number of halogens is 2. The fourth-order valence-corrected chi connectivity index (χ4v) is 2.09. The topological polar surface area (TPSA) is 46.5 Å². The number of carboxylic acids is 1. The molecule has 0 saturated heterocycles. The van der Waals surface area contributed by atoms with E-state index in [1.807, 2.05) is 0 Å². The van der Waals surface area contributed by atoms with Crippen molar-refractivity contribution < 1.29 is 19.0 Å². The molecule has 0 atom stereocenters. The molecule has 0 saturated carbocycles. The number of hydrogen-bond acceptors (Lipinski definition) is 2. The lowest BCUT2D eigenvalue weighted by Gasteiger charge is -2.10. The van der Waals surface area contributed by atoms with Gasteiger partial charge in [-0.2, -0.15) is 0 Å². The first-order valence-electron chi connectivity index (χ1n) is 6.13. The third-order valence-electron chi connectivity index (χ3n) is 2.72. The maximum absolute atomic E-state index is 13.5. The van der Waals surface area contributed by atoms with Gasteiger partial charge in [0, 0.05) is 21.7 Å². The standard InChI is InChI=1S/C16H12BrFO3/c17-13-6-7-15(11(9-13)5-8-16(19)20)21-10-12-3-1-2-4-14(12)18/h1-9H,10H2,(H,19,20)/b8-5-. The molecular formula is C16H12BrFO3. The van der Waals surface area contributed by atoms with Crippen molar-refractivity contribution in [2.75, 3.05) is 0 Å². The van der Waals surface area contributed by atoms with Crippen molar-refractivity contribution in [1.29, 1.82) is 0 Å². The predicted octanol–water partition coefficient (Wildman–Crippen LogP) is 4.27. The summed E-state index contributed by atoms with van der Waals surface area (Å²) in [6, 6.07) is 11.6. The van der Waals surface area contributed by atoms with Gasteiger partial charge in [0.2, 0.25) is 0 Å². The van der Waals surface area contributed by atoms with Crippen molar-refractivity contribution in [3.8, 4) is 5.75 Å². The summed E-state index contributed by atoms with van der Waals surface area (Å²) >= 11 is 3.31. The number of carboxylic acid groups (broad SMARTS) is 1. The molecule has 0 fully saturated rings. The highest BCUT2D eigenvalue weighted by Crippen LogP contribution is 2.25. The van der Waals surface area contributed by atoms with E-state index in [4.69, 9.17) is 9.84 Å². The highest BCUT2D eigenvalue weighted by molar-refractivity contribution is 9.10. The molecule has 0 spiro atoms. The summed E-state index contributed by atoms with van der Waals surface area (Å²) in [5.74, 6) is -0.897. The number of carbonyl (C=O) groups is 1. The van der Waals surface area contributed by atoms with Crippen molar-refractivity contribution in [3.05, 3.63) is 70.0 Å². The van der Waals surface area contributed by atoms with Crippen LogP contribution in [-0.2, 0) is 11.4 Å². The van der Waals surface area contributed by atoms with Gasteiger partial charge in [0.25, 0.3) is 0 Å². The highest BCUT2D eigenvalue weighted by Gasteiger charge is 2.06. The Morgan fingerprint density at radius 3 is 2.76 bits per heavy atom. The maximum atomic E-state index is 13.5. The van der Waals surface area contributed by atoms with Crippen LogP contribution in [0.3, 0.4) is 0 Å². The van der Waals surface area contributed by atoms with Gasteiger partial charge in [0.1, 0.15) is 18.2 Å². The SMILES string of the molecule is O=C(O)/C=C\c1cc(Br)ccc1OCc1ccccc1F. The Hall–Kier alpha value is -2.14. The molecule has 0 aliphatic carbocycles. The molecule has 0 bridgehead atoms. The van der Waals surface area contributed by atoms with E-state index >= 15 is 0 Å². The number of rotatable bonds is 5. The lowest BCUT2D eigenvalue weighted by Crippen LogP contribution is -1.99. The van der Waals surface area contributed by atoms with Gasteiger partial charge in [-0.3, -0.25) is 0 Å². The van der Waals surface area contributed by atoms with Gasteiger partial charge in [-0.15, -0.1) is 0 Å². The lowest BCUT2D eigenvalue weighted by atomic mass is 10.2. The van der Waals surface area contributed by atoms with Crippen molar-refractivity contribution in [2.45, 2.75) is 6.61 Å². The molecule has 5 heteroatoms. The number of aliphatic carboxylic acids is 1. The van der Waals surface area contributed by atoms with Gasteiger partial charge in [-0.1, -0.05) is 34.1 Å². The number of ether oxygens (including phenoxy) is 1. The van der Waals surface area contributed by atoms with E-state index in [0.29, 0.717) is 16.9 Å². The van der Waals surface area contributed by atoms with Crippen LogP contribution < -0.4 is 4.74 Å². The fourth-order valence-electron chi connectivity index (χ4n) is 1.71. The minimum absolute atomic E-state index is 0.0716. The zero-order valence-electron chi connectivity index (χ0n) is 10.9. The first kappa shape index (κ1) is 15.3. The first-order valence-corrected chi connectivity index (χ1v) is 6.92. The summed E-state index contributed by atoms with van der Waals surface area (Å²) in [4.78, 5) is 10.6. The summed E-state index contributed by atoms with van der Waals surface area (Å²) < 4.78 is 19.9. The summed E-state index contributed by atoms with van der Waals surface area (Å²) in [6.07, 6.45) is 2.46. The van der Waals surface area contributed by atoms with Crippen molar-refractivity contribution >= 4 is 28.0 Å². The van der Waals surface area contributed by atoms with Gasteiger partial charge in [-0.25, -0.2) is 9.18 Å². The first-order chi connectivity index (χ1) is 10.1. The molecule has 0 amide bonds. The Morgan fingerprint density at radius 2 is 2.05 bits per heavy atom. The van der Waals surface area contributed by atoms with E-state index in [2.05, 4.69) is 15.9 Å². The van der Waals surface area contributed by atoms with Crippen LogP contribution in [0.1, 0.15) is 11.1 Å². The molecule has 0 aromatic heterocycles. The Bertz CT molecular complexity index is 683. The quantitative estimate of drug-likeness (QED) is 0.819. The predicted molar refractivity (Wildman–Crippen MR) is 81.5 cm³/mol. The van der Waals surface area contributed by atoms with E-state index in [-0.39, 0.29) is 12.4 Å². The van der Waals surface area contributed by atoms with E-state index in [1.54, 1.807) is 36.4 Å². The molecular weight excluding hydrogens is 339 g/mol. The maximum Gasteiger partial charge on any atom is 0.328 e. The Balaban J connectivity index is 2.20. The van der Waals surface area contributed by atoms with Crippen LogP contribution in [0.15, 0.2) is 53.0 Å². The highest BCUT2D eigenvalue weighted by atomic mass is 79.9. The molecule has 0 unspecified atom stereocenters. The van der Waals surface area contributed by atoms with Gasteiger partial charge in [0.05, 0.1) is 0 Å². The molecule has 1 N–H and O–H groups in total. The molecule has 0 heterocycles. The van der Waals surface area contributed by atoms with E-state index in [9.17, 15) is 9.18 Å². The van der Waals surface area contributed by atoms with E-state index < -0.39 is 5.97 Å². The van der Waals surface area contributed by atoms with Crippen LogP contribution in [0.4, 0.5) is 4.39 Å². The molecule has 0 aliphatic rings. The van der Waals surface area contributed by atoms with Gasteiger partial charge >= 0.3 is 5.97 Å². The van der Waals surface area contributed by atoms with Crippen LogP contribution in [-0.4, -0.2) is 11.1 Å². The average Bonchev–Trinajstić information content (AvgIpc) is 2.45.